The van der Waals surface area contributed by atoms with Crippen molar-refractivity contribution >= 4 is 16.8 Å². The number of aliphatic hydroxyl groups excluding tert-OH is 1. The highest BCUT2D eigenvalue weighted by Crippen LogP contribution is 2.23. The number of amides is 1. The van der Waals surface area contributed by atoms with E-state index in [4.69, 9.17) is 4.84 Å². The summed E-state index contributed by atoms with van der Waals surface area (Å²) in [4.78, 5) is 22.3. The number of carbonyl (C=O) groups excluding carboxylic acids is 1. The molecule has 0 spiro atoms. The number of nitrogens with zero attached hydrogens (tertiary/aromatic N) is 2. The first kappa shape index (κ1) is 14.0. The van der Waals surface area contributed by atoms with Crippen LogP contribution in [0.25, 0.3) is 10.9 Å². The van der Waals surface area contributed by atoms with Crippen LogP contribution in [0, 0.1) is 6.92 Å². The standard InChI is InChI=1S/C16H18N2O3/c1-3-11-4-5-15-13(7-11)14(6-10(2)17-15)16(20)18-8-12(19)9-21-18/h4-7,12,19H,3,8-9H2,1-2H3/t12-/m0/s1. The lowest BCUT2D eigenvalue weighted by molar-refractivity contribution is -0.0778. The largest absolute Gasteiger partial charge is 0.389 e. The van der Waals surface area contributed by atoms with E-state index < -0.39 is 6.10 Å². The van der Waals surface area contributed by atoms with Gasteiger partial charge in [-0.3, -0.25) is 14.6 Å². The van der Waals surface area contributed by atoms with Gasteiger partial charge in [0.2, 0.25) is 0 Å². The molecule has 0 bridgehead atoms. The van der Waals surface area contributed by atoms with Crippen LogP contribution < -0.4 is 0 Å². The Kier molecular flexibility index (Phi) is 3.61. The van der Waals surface area contributed by atoms with Crippen LogP contribution in [-0.4, -0.2) is 40.3 Å². The SMILES string of the molecule is CCc1ccc2nc(C)cc(C(=O)N3C[C@H](O)CO3)c2c1. The van der Waals surface area contributed by atoms with Crippen molar-refractivity contribution in [2.45, 2.75) is 26.4 Å². The van der Waals surface area contributed by atoms with Crippen molar-refractivity contribution in [2.75, 3.05) is 13.2 Å². The maximum absolute atomic E-state index is 12.6. The zero-order chi connectivity index (χ0) is 15.0. The van der Waals surface area contributed by atoms with E-state index >= 15 is 0 Å². The summed E-state index contributed by atoms with van der Waals surface area (Å²) >= 11 is 0. The lowest BCUT2D eigenvalue weighted by atomic mass is 10.0. The van der Waals surface area contributed by atoms with Crippen molar-refractivity contribution < 1.29 is 14.7 Å². The number of hydrogen-bond acceptors (Lipinski definition) is 4. The van der Waals surface area contributed by atoms with E-state index in [0.29, 0.717) is 5.56 Å². The molecule has 21 heavy (non-hydrogen) atoms. The van der Waals surface area contributed by atoms with Gasteiger partial charge in [0.15, 0.2) is 0 Å². The molecule has 0 radical (unpaired) electrons. The first-order valence-corrected chi connectivity index (χ1v) is 7.11. The van der Waals surface area contributed by atoms with Crippen LogP contribution in [0.5, 0.6) is 0 Å². The number of hydroxylamine groups is 2. The Balaban J connectivity index is 2.09. The molecule has 1 aromatic heterocycles. The van der Waals surface area contributed by atoms with E-state index in [1.807, 2.05) is 25.1 Å². The van der Waals surface area contributed by atoms with E-state index in [1.165, 1.54) is 5.06 Å². The van der Waals surface area contributed by atoms with Gasteiger partial charge in [0.05, 0.1) is 17.6 Å². The maximum Gasteiger partial charge on any atom is 0.278 e. The third kappa shape index (κ3) is 2.62. The van der Waals surface area contributed by atoms with Crippen molar-refractivity contribution in [3.05, 3.63) is 41.1 Å². The van der Waals surface area contributed by atoms with Crippen LogP contribution >= 0.6 is 0 Å². The Labute approximate surface area is 123 Å². The minimum atomic E-state index is -0.616. The molecule has 3 rings (SSSR count). The molecule has 0 saturated carbocycles. The van der Waals surface area contributed by atoms with Crippen molar-refractivity contribution in [2.24, 2.45) is 0 Å². The molecule has 1 aromatic carbocycles. The summed E-state index contributed by atoms with van der Waals surface area (Å²) in [6.07, 6.45) is 0.283. The minimum absolute atomic E-state index is 0.161. The van der Waals surface area contributed by atoms with Crippen molar-refractivity contribution in [1.82, 2.24) is 10.0 Å². The van der Waals surface area contributed by atoms with Gasteiger partial charge in [0.25, 0.3) is 5.91 Å². The molecule has 1 aliphatic heterocycles. The van der Waals surface area contributed by atoms with Gasteiger partial charge in [-0.05, 0) is 37.1 Å². The molecule has 5 nitrogen and oxygen atoms in total. The topological polar surface area (TPSA) is 62.7 Å². The Morgan fingerprint density at radius 1 is 1.48 bits per heavy atom. The Bertz CT molecular complexity index is 699. The van der Waals surface area contributed by atoms with Gasteiger partial charge < -0.3 is 5.11 Å². The summed E-state index contributed by atoms with van der Waals surface area (Å²) in [6.45, 7) is 4.30. The van der Waals surface area contributed by atoms with Gasteiger partial charge in [-0.15, -0.1) is 0 Å². The Morgan fingerprint density at radius 3 is 2.95 bits per heavy atom. The molecule has 2 aromatic rings. The fourth-order valence-corrected chi connectivity index (χ4v) is 2.55. The number of β-amino-alcohol motifs (C(OH)–C–C–N with tert-alkyl or cyclic N) is 1. The Hall–Kier alpha value is -1.98. The molecule has 1 aliphatic rings. The summed E-state index contributed by atoms with van der Waals surface area (Å²) in [5, 5.41) is 11.6. The molecule has 1 saturated heterocycles. The summed E-state index contributed by atoms with van der Waals surface area (Å²) in [5.74, 6) is -0.227. The lowest BCUT2D eigenvalue weighted by Crippen LogP contribution is -2.28. The summed E-state index contributed by atoms with van der Waals surface area (Å²) in [6, 6.07) is 7.75. The highest BCUT2D eigenvalue weighted by molar-refractivity contribution is 6.06. The molecule has 2 heterocycles. The van der Waals surface area contributed by atoms with Gasteiger partial charge in [-0.25, -0.2) is 5.06 Å². The van der Waals surface area contributed by atoms with Crippen molar-refractivity contribution in [1.29, 1.82) is 0 Å². The number of fused-ring (bicyclic) bond motifs is 1. The molecule has 1 atom stereocenters. The predicted octanol–water partition coefficient (Wildman–Crippen LogP) is 1.85. The van der Waals surface area contributed by atoms with Crippen LogP contribution in [0.3, 0.4) is 0 Å². The molecule has 0 unspecified atom stereocenters. The number of hydrogen-bond donors (Lipinski definition) is 1. The van der Waals surface area contributed by atoms with Crippen molar-refractivity contribution in [3.8, 4) is 0 Å². The Morgan fingerprint density at radius 2 is 2.29 bits per heavy atom. The molecular formula is C16H18N2O3. The van der Waals surface area contributed by atoms with Gasteiger partial charge in [0.1, 0.15) is 12.7 Å². The number of carbonyl (C=O) groups is 1. The zero-order valence-electron chi connectivity index (χ0n) is 12.2. The number of aryl methyl sites for hydroxylation is 2. The quantitative estimate of drug-likeness (QED) is 0.915. The molecule has 0 aliphatic carbocycles. The van der Waals surface area contributed by atoms with Crippen molar-refractivity contribution in [3.63, 3.8) is 0 Å². The van der Waals surface area contributed by atoms with Crippen LogP contribution in [0.2, 0.25) is 0 Å². The zero-order valence-corrected chi connectivity index (χ0v) is 12.2. The highest BCUT2D eigenvalue weighted by Gasteiger charge is 2.28. The highest BCUT2D eigenvalue weighted by atomic mass is 16.7. The first-order valence-electron chi connectivity index (χ1n) is 7.11. The van der Waals surface area contributed by atoms with Crippen LogP contribution in [0.1, 0.15) is 28.5 Å². The number of aromatic nitrogens is 1. The molecule has 5 heteroatoms. The van der Waals surface area contributed by atoms with E-state index in [1.54, 1.807) is 6.07 Å². The second-order valence-electron chi connectivity index (χ2n) is 5.33. The van der Waals surface area contributed by atoms with Crippen LogP contribution in [-0.2, 0) is 11.3 Å². The normalized spacial score (nSPS) is 18.4. The maximum atomic E-state index is 12.6. The van der Waals surface area contributed by atoms with E-state index in [0.717, 1.165) is 28.6 Å². The lowest BCUT2D eigenvalue weighted by Gasteiger charge is -2.16. The molecule has 110 valence electrons. The van der Waals surface area contributed by atoms with Gasteiger partial charge in [-0.2, -0.15) is 0 Å². The fourth-order valence-electron chi connectivity index (χ4n) is 2.55. The van der Waals surface area contributed by atoms with Crippen LogP contribution in [0.15, 0.2) is 24.3 Å². The van der Waals surface area contributed by atoms with Gasteiger partial charge in [-0.1, -0.05) is 13.0 Å². The smallest absolute Gasteiger partial charge is 0.278 e. The number of aliphatic hydroxyl groups is 1. The van der Waals surface area contributed by atoms with E-state index in [-0.39, 0.29) is 19.1 Å². The molecule has 1 amide bonds. The van der Waals surface area contributed by atoms with Crippen LogP contribution in [0.4, 0.5) is 0 Å². The second-order valence-corrected chi connectivity index (χ2v) is 5.33. The monoisotopic (exact) mass is 286 g/mol. The average Bonchev–Trinajstić information content (AvgIpc) is 2.91. The second kappa shape index (κ2) is 5.42. The molecular weight excluding hydrogens is 268 g/mol. The third-order valence-corrected chi connectivity index (χ3v) is 3.67. The minimum Gasteiger partial charge on any atom is -0.389 e. The molecule has 1 fully saturated rings. The summed E-state index contributed by atoms with van der Waals surface area (Å²) < 4.78 is 0. The third-order valence-electron chi connectivity index (χ3n) is 3.67. The van der Waals surface area contributed by atoms with E-state index in [2.05, 4.69) is 11.9 Å². The van der Waals surface area contributed by atoms with E-state index in [9.17, 15) is 9.90 Å². The van der Waals surface area contributed by atoms with Gasteiger partial charge in [0, 0.05) is 11.1 Å². The fraction of sp³-hybridized carbons (Fsp3) is 0.375. The number of rotatable bonds is 2. The average molecular weight is 286 g/mol. The molecule has 1 N–H and O–H groups in total. The number of benzene rings is 1. The first-order chi connectivity index (χ1) is 10.1. The number of pyridine rings is 1. The summed E-state index contributed by atoms with van der Waals surface area (Å²) in [5.41, 5.74) is 3.32. The summed E-state index contributed by atoms with van der Waals surface area (Å²) in [7, 11) is 0. The predicted molar refractivity (Wildman–Crippen MR) is 78.9 cm³/mol. The van der Waals surface area contributed by atoms with Gasteiger partial charge >= 0.3 is 0 Å².